The van der Waals surface area contributed by atoms with Gasteiger partial charge in [0.1, 0.15) is 5.75 Å². The summed E-state index contributed by atoms with van der Waals surface area (Å²) in [6.07, 6.45) is -4.31. The summed E-state index contributed by atoms with van der Waals surface area (Å²) in [6.45, 7) is 3.98. The van der Waals surface area contributed by atoms with E-state index in [-0.39, 0.29) is 5.25 Å². The van der Waals surface area contributed by atoms with Gasteiger partial charge in [-0.2, -0.15) is 26.3 Å². The summed E-state index contributed by atoms with van der Waals surface area (Å²) in [6, 6.07) is 15.6. The van der Waals surface area contributed by atoms with Gasteiger partial charge in [-0.05, 0) is 69.1 Å². The first-order valence-electron chi connectivity index (χ1n) is 14.0. The van der Waals surface area contributed by atoms with Gasteiger partial charge in [0.05, 0.1) is 21.7 Å². The van der Waals surface area contributed by atoms with Crippen LogP contribution in [0, 0.1) is 12.8 Å². The Morgan fingerprint density at radius 1 is 1.02 bits per heavy atom. The number of hydrogen-bond acceptors (Lipinski definition) is 10. The summed E-state index contributed by atoms with van der Waals surface area (Å²) >= 11 is 9.90. The number of nitrogens with one attached hydrogen (secondary N) is 2. The number of piperidine rings is 1. The van der Waals surface area contributed by atoms with Crippen LogP contribution in [0.5, 0.6) is 11.5 Å². The molecule has 10 nitrogen and oxygen atoms in total. The maximum absolute atomic E-state index is 10.6. The molecule has 4 heterocycles. The van der Waals surface area contributed by atoms with Crippen molar-refractivity contribution in [1.82, 2.24) is 20.3 Å². The van der Waals surface area contributed by atoms with E-state index in [1.807, 2.05) is 73.2 Å². The quantitative estimate of drug-likeness (QED) is 0.101. The van der Waals surface area contributed by atoms with Crippen molar-refractivity contribution >= 4 is 57.6 Å². The van der Waals surface area contributed by atoms with Crippen LogP contribution in [-0.2, 0) is 9.59 Å². The van der Waals surface area contributed by atoms with Gasteiger partial charge in [0.25, 0.3) is 0 Å². The van der Waals surface area contributed by atoms with Crippen molar-refractivity contribution in [3.63, 3.8) is 0 Å². The number of pyridine rings is 2. The van der Waals surface area contributed by atoms with E-state index in [2.05, 4.69) is 20.6 Å². The van der Waals surface area contributed by atoms with Crippen LogP contribution in [0.3, 0.4) is 0 Å². The van der Waals surface area contributed by atoms with Crippen LogP contribution < -0.4 is 15.4 Å². The Kier molecular flexibility index (Phi) is 14.5. The maximum atomic E-state index is 10.6. The number of alkyl halides is 6. The van der Waals surface area contributed by atoms with Crippen LogP contribution in [0.15, 0.2) is 71.2 Å². The molecule has 0 spiro atoms. The van der Waals surface area contributed by atoms with Crippen LogP contribution >= 0.6 is 34.7 Å². The average Bonchev–Trinajstić information content (AvgIpc) is 3.46. The third-order valence-electron chi connectivity index (χ3n) is 6.26. The Labute approximate surface area is 288 Å². The molecule has 264 valence electrons. The minimum Gasteiger partial charge on any atom is -0.475 e. The molecular formula is C30H28ClF6N5O5S2. The Hall–Kier alpha value is -4.13. The number of para-hydroxylation sites is 1. The second-order valence-corrected chi connectivity index (χ2v) is 12.4. The number of thiazole rings is 1. The first-order valence-corrected chi connectivity index (χ1v) is 16.2. The minimum atomic E-state index is -5.08. The number of hydrogen-bond donors (Lipinski definition) is 4. The molecule has 0 amide bonds. The third kappa shape index (κ3) is 13.0. The molecule has 0 aliphatic carbocycles. The molecule has 0 radical (unpaired) electrons. The van der Waals surface area contributed by atoms with Crippen LogP contribution in [0.4, 0.5) is 37.3 Å². The summed E-state index contributed by atoms with van der Waals surface area (Å²) < 4.78 is 69.7. The zero-order valence-corrected chi connectivity index (χ0v) is 27.6. The van der Waals surface area contributed by atoms with Crippen molar-refractivity contribution in [2.24, 2.45) is 5.92 Å². The lowest BCUT2D eigenvalue weighted by molar-refractivity contribution is -0.193. The highest BCUT2D eigenvalue weighted by atomic mass is 35.5. The predicted octanol–water partition coefficient (Wildman–Crippen LogP) is 8.53. The van der Waals surface area contributed by atoms with Gasteiger partial charge in [0.2, 0.25) is 0 Å². The molecule has 1 saturated heterocycles. The number of carboxylic acid groups (broad SMARTS) is 2. The Morgan fingerprint density at radius 3 is 2.16 bits per heavy atom. The number of aliphatic carboxylic acids is 2. The van der Waals surface area contributed by atoms with Gasteiger partial charge in [-0.15, -0.1) is 23.1 Å². The van der Waals surface area contributed by atoms with Crippen LogP contribution in [0.1, 0.15) is 29.5 Å². The Balaban J connectivity index is 0.000000392. The number of rotatable bonds is 8. The second-order valence-electron chi connectivity index (χ2n) is 9.95. The molecule has 49 heavy (non-hydrogen) atoms. The van der Waals surface area contributed by atoms with Gasteiger partial charge in [-0.1, -0.05) is 29.8 Å². The highest BCUT2D eigenvalue weighted by Crippen LogP contribution is 2.46. The monoisotopic (exact) mass is 751 g/mol. The molecule has 1 aliphatic heterocycles. The number of carbonyl (C=O) groups is 2. The Bertz CT molecular complexity index is 1650. The number of halogens is 7. The number of anilines is 2. The predicted molar refractivity (Wildman–Crippen MR) is 172 cm³/mol. The fourth-order valence-electron chi connectivity index (χ4n) is 4.07. The molecule has 0 bridgehead atoms. The molecule has 19 heteroatoms. The van der Waals surface area contributed by atoms with E-state index in [9.17, 15) is 26.3 Å². The second kappa shape index (κ2) is 18.0. The highest BCUT2D eigenvalue weighted by Gasteiger charge is 2.39. The van der Waals surface area contributed by atoms with Gasteiger partial charge >= 0.3 is 24.3 Å². The van der Waals surface area contributed by atoms with E-state index in [1.165, 1.54) is 0 Å². The molecule has 4 N–H and O–H groups in total. The number of carboxylic acids is 2. The van der Waals surface area contributed by atoms with E-state index >= 15 is 0 Å². The van der Waals surface area contributed by atoms with Crippen molar-refractivity contribution in [3.05, 3.63) is 82.7 Å². The van der Waals surface area contributed by atoms with E-state index < -0.39 is 24.3 Å². The van der Waals surface area contributed by atoms with Crippen molar-refractivity contribution < 1.29 is 50.9 Å². The number of aromatic nitrogens is 3. The number of aryl methyl sites for hydroxylation is 1. The largest absolute Gasteiger partial charge is 0.490 e. The van der Waals surface area contributed by atoms with Crippen LogP contribution in [0.2, 0.25) is 5.02 Å². The lowest BCUT2D eigenvalue weighted by Gasteiger charge is -2.30. The van der Waals surface area contributed by atoms with E-state index in [0.717, 1.165) is 53.1 Å². The van der Waals surface area contributed by atoms with Gasteiger partial charge < -0.3 is 25.6 Å². The average molecular weight is 752 g/mol. The van der Waals surface area contributed by atoms with Crippen molar-refractivity contribution in [1.29, 1.82) is 0 Å². The van der Waals surface area contributed by atoms with Crippen molar-refractivity contribution in [2.75, 3.05) is 18.4 Å². The number of thioether (sulfide) groups is 1. The topological polar surface area (TPSA) is 147 Å². The summed E-state index contributed by atoms with van der Waals surface area (Å²) in [5.41, 5.74) is 1.89. The molecule has 1 aromatic carbocycles. The molecule has 1 unspecified atom stereocenters. The van der Waals surface area contributed by atoms with E-state index in [4.69, 9.17) is 41.1 Å². The summed E-state index contributed by atoms with van der Waals surface area (Å²) in [4.78, 5) is 32.7. The number of benzene rings is 1. The first-order chi connectivity index (χ1) is 23.0. The van der Waals surface area contributed by atoms with E-state index in [1.54, 1.807) is 23.1 Å². The molecule has 5 rings (SSSR count). The van der Waals surface area contributed by atoms with Crippen LogP contribution in [-0.4, -0.2) is 62.5 Å². The molecule has 3 aromatic heterocycles. The first kappa shape index (κ1) is 39.3. The highest BCUT2D eigenvalue weighted by molar-refractivity contribution is 7.99. The fraction of sp³-hybridized carbons (Fsp3) is 0.300. The minimum absolute atomic E-state index is 0.123. The van der Waals surface area contributed by atoms with Gasteiger partial charge in [0, 0.05) is 22.7 Å². The third-order valence-corrected chi connectivity index (χ3v) is 8.81. The SMILES string of the molecule is Cc1csc(Nc2ncc(SC(c3ncccc3Cl)C3CCNCC3)cc2Oc2ccccc2)n1.O=C(O)C(F)(F)F.O=C(O)C(F)(F)F. The standard InChI is InChI=1S/C26H26ClN5OS2.2C2HF3O2/c1-17-16-34-26(31-17)32-25-22(33-19-6-3-2-4-7-19)14-20(15-30-25)35-24(18-9-12-28-13-10-18)23-21(27)8-5-11-29-23;2*3-2(4,5)1(6)7/h2-8,11,14-16,18,24,28H,9-10,12-13H2,1H3,(H,30,31,32);2*(H,6,7). The lowest BCUT2D eigenvalue weighted by atomic mass is 9.92. The van der Waals surface area contributed by atoms with Gasteiger partial charge in [0.15, 0.2) is 16.7 Å². The van der Waals surface area contributed by atoms with Gasteiger partial charge in [-0.3, -0.25) is 4.98 Å². The molecule has 4 aromatic rings. The summed E-state index contributed by atoms with van der Waals surface area (Å²) in [5.74, 6) is -3.03. The molecule has 1 aliphatic rings. The molecule has 1 fully saturated rings. The Morgan fingerprint density at radius 2 is 1.63 bits per heavy atom. The number of ether oxygens (including phenoxy) is 1. The zero-order valence-electron chi connectivity index (χ0n) is 25.3. The lowest BCUT2D eigenvalue weighted by Crippen LogP contribution is -2.30. The normalized spacial score (nSPS) is 14.0. The molecule has 0 saturated carbocycles. The van der Waals surface area contributed by atoms with Gasteiger partial charge in [-0.25, -0.2) is 19.6 Å². The van der Waals surface area contributed by atoms with Crippen molar-refractivity contribution in [3.8, 4) is 11.5 Å². The summed E-state index contributed by atoms with van der Waals surface area (Å²) in [7, 11) is 0. The smallest absolute Gasteiger partial charge is 0.475 e. The van der Waals surface area contributed by atoms with Crippen molar-refractivity contribution in [2.45, 2.75) is 42.3 Å². The zero-order chi connectivity index (χ0) is 36.2. The number of nitrogens with zero attached hydrogens (tertiary/aromatic N) is 3. The van der Waals surface area contributed by atoms with E-state index in [0.29, 0.717) is 22.5 Å². The fourth-order valence-corrected chi connectivity index (χ4v) is 6.40. The molecular weight excluding hydrogens is 724 g/mol. The summed E-state index contributed by atoms with van der Waals surface area (Å²) in [5, 5.41) is 24.6. The maximum Gasteiger partial charge on any atom is 0.490 e. The molecule has 1 atom stereocenters. The van der Waals surface area contributed by atoms with Crippen LogP contribution in [0.25, 0.3) is 0 Å².